The Morgan fingerprint density at radius 2 is 2.00 bits per heavy atom. The third kappa shape index (κ3) is 2.75. The van der Waals surface area contributed by atoms with Gasteiger partial charge in [-0.2, -0.15) is 0 Å². The molecule has 1 N–H and O–H groups in total. The first kappa shape index (κ1) is 12.9. The van der Waals surface area contributed by atoms with Crippen molar-refractivity contribution < 1.29 is 8.81 Å². The molecule has 0 saturated heterocycles. The van der Waals surface area contributed by atoms with Crippen LogP contribution in [0.15, 0.2) is 52.2 Å². The predicted octanol–water partition coefficient (Wildman–Crippen LogP) is 4.06. The molecule has 0 radical (unpaired) electrons. The summed E-state index contributed by atoms with van der Waals surface area (Å²) in [4.78, 5) is 3.01. The molecule has 3 rings (SSSR count). The van der Waals surface area contributed by atoms with Crippen LogP contribution in [0.4, 0.5) is 4.39 Å². The van der Waals surface area contributed by atoms with Crippen LogP contribution in [-0.2, 0) is 0 Å². The van der Waals surface area contributed by atoms with Crippen LogP contribution < -0.4 is 0 Å². The summed E-state index contributed by atoms with van der Waals surface area (Å²) in [7, 11) is 0. The number of H-pyrrole nitrogens is 1. The molecule has 2 aromatic heterocycles. The monoisotopic (exact) mass is 289 g/mol. The van der Waals surface area contributed by atoms with Gasteiger partial charge in [-0.25, -0.2) is 4.39 Å². The van der Waals surface area contributed by atoms with E-state index in [-0.39, 0.29) is 11.1 Å². The molecule has 1 atom stereocenters. The highest BCUT2D eigenvalue weighted by molar-refractivity contribution is 7.99. The number of aromatic amines is 1. The maximum atomic E-state index is 12.9. The van der Waals surface area contributed by atoms with Gasteiger partial charge in [-0.1, -0.05) is 23.9 Å². The fourth-order valence-corrected chi connectivity index (χ4v) is 2.59. The van der Waals surface area contributed by atoms with Gasteiger partial charge in [0.15, 0.2) is 0 Å². The number of halogens is 1. The molecule has 20 heavy (non-hydrogen) atoms. The lowest BCUT2D eigenvalue weighted by Gasteiger charge is -2.07. The van der Waals surface area contributed by atoms with E-state index in [1.54, 1.807) is 18.3 Å². The Morgan fingerprint density at radius 3 is 2.70 bits per heavy atom. The molecule has 1 aromatic carbocycles. The van der Waals surface area contributed by atoms with Crippen molar-refractivity contribution in [2.24, 2.45) is 0 Å². The molecule has 0 bridgehead atoms. The summed E-state index contributed by atoms with van der Waals surface area (Å²) >= 11 is 1.44. The van der Waals surface area contributed by atoms with Crippen LogP contribution >= 0.6 is 11.8 Å². The third-order valence-electron chi connectivity index (χ3n) is 2.85. The molecule has 0 fully saturated rings. The molecule has 0 aliphatic heterocycles. The Labute approximate surface area is 119 Å². The number of hydrogen-bond acceptors (Lipinski definition) is 4. The molecule has 6 heteroatoms. The Hall–Kier alpha value is -2.08. The molecule has 4 nitrogen and oxygen atoms in total. The first-order chi connectivity index (χ1) is 9.72. The quantitative estimate of drug-likeness (QED) is 0.736. The lowest BCUT2D eigenvalue weighted by Crippen LogP contribution is -1.88. The van der Waals surface area contributed by atoms with Crippen LogP contribution in [0.3, 0.4) is 0 Å². The van der Waals surface area contributed by atoms with Gasteiger partial charge in [0.05, 0.1) is 0 Å². The maximum absolute atomic E-state index is 12.9. The Balaban J connectivity index is 1.73. The molecule has 0 aliphatic carbocycles. The summed E-state index contributed by atoms with van der Waals surface area (Å²) in [6, 6.07) is 10.2. The fraction of sp³-hybridized carbons (Fsp3) is 0.143. The smallest absolute Gasteiger partial charge is 0.277 e. The number of hydrogen-bond donors (Lipinski definition) is 1. The van der Waals surface area contributed by atoms with Crippen LogP contribution in [0, 0.1) is 5.82 Å². The van der Waals surface area contributed by atoms with E-state index in [1.165, 1.54) is 23.9 Å². The fourth-order valence-electron chi connectivity index (χ4n) is 1.78. The van der Waals surface area contributed by atoms with E-state index in [4.69, 9.17) is 4.42 Å². The van der Waals surface area contributed by atoms with Crippen LogP contribution in [0.2, 0.25) is 0 Å². The minimum atomic E-state index is -0.238. The Kier molecular flexibility index (Phi) is 3.56. The molecular formula is C14H12FN3OS. The number of rotatable bonds is 4. The van der Waals surface area contributed by atoms with Gasteiger partial charge in [0.2, 0.25) is 0 Å². The standard InChI is InChI=1S/C14H12FN3OS/c1-9(10-4-6-11(15)7-5-10)20-14-18-17-13(19-14)12-3-2-8-16-12/h2-9,16H,1H3/t9-/m1/s1. The van der Waals surface area contributed by atoms with Gasteiger partial charge >= 0.3 is 0 Å². The van der Waals surface area contributed by atoms with E-state index in [9.17, 15) is 4.39 Å². The molecule has 0 spiro atoms. The molecule has 0 aliphatic rings. The van der Waals surface area contributed by atoms with Crippen molar-refractivity contribution in [1.29, 1.82) is 0 Å². The number of benzene rings is 1. The van der Waals surface area contributed by atoms with Crippen LogP contribution in [0.5, 0.6) is 0 Å². The topological polar surface area (TPSA) is 54.7 Å². The predicted molar refractivity (Wildman–Crippen MR) is 74.8 cm³/mol. The van der Waals surface area contributed by atoms with E-state index in [0.717, 1.165) is 11.3 Å². The van der Waals surface area contributed by atoms with E-state index in [0.29, 0.717) is 11.1 Å². The van der Waals surface area contributed by atoms with Gasteiger partial charge < -0.3 is 9.40 Å². The summed E-state index contributed by atoms with van der Waals surface area (Å²) < 4.78 is 18.5. The lowest BCUT2D eigenvalue weighted by molar-refractivity contribution is 0.464. The molecule has 3 aromatic rings. The van der Waals surface area contributed by atoms with Gasteiger partial charge in [-0.15, -0.1) is 10.2 Å². The highest BCUT2D eigenvalue weighted by atomic mass is 32.2. The van der Waals surface area contributed by atoms with E-state index in [1.807, 2.05) is 19.1 Å². The second-order valence-electron chi connectivity index (χ2n) is 4.27. The van der Waals surface area contributed by atoms with Gasteiger partial charge in [0.25, 0.3) is 11.1 Å². The number of nitrogens with one attached hydrogen (secondary N) is 1. The van der Waals surface area contributed by atoms with E-state index < -0.39 is 0 Å². The van der Waals surface area contributed by atoms with Gasteiger partial charge in [0, 0.05) is 11.4 Å². The second-order valence-corrected chi connectivity index (χ2v) is 5.56. The van der Waals surface area contributed by atoms with E-state index in [2.05, 4.69) is 15.2 Å². The minimum Gasteiger partial charge on any atom is -0.410 e. The Morgan fingerprint density at radius 1 is 1.20 bits per heavy atom. The van der Waals surface area contributed by atoms with Crippen LogP contribution in [0.1, 0.15) is 17.7 Å². The largest absolute Gasteiger partial charge is 0.410 e. The van der Waals surface area contributed by atoms with Crippen molar-refractivity contribution in [1.82, 2.24) is 15.2 Å². The third-order valence-corrected chi connectivity index (χ3v) is 3.84. The van der Waals surface area contributed by atoms with Crippen molar-refractivity contribution in [2.45, 2.75) is 17.4 Å². The van der Waals surface area contributed by atoms with Crippen molar-refractivity contribution in [3.8, 4) is 11.6 Å². The molecule has 0 saturated carbocycles. The normalized spacial score (nSPS) is 12.5. The summed E-state index contributed by atoms with van der Waals surface area (Å²) in [5.41, 5.74) is 1.80. The van der Waals surface area contributed by atoms with Crippen molar-refractivity contribution >= 4 is 11.8 Å². The van der Waals surface area contributed by atoms with Crippen molar-refractivity contribution in [3.05, 3.63) is 54.0 Å². The van der Waals surface area contributed by atoms with Crippen molar-refractivity contribution in [2.75, 3.05) is 0 Å². The Bertz CT molecular complexity index is 679. The van der Waals surface area contributed by atoms with Gasteiger partial charge in [0.1, 0.15) is 11.5 Å². The number of aromatic nitrogens is 3. The van der Waals surface area contributed by atoms with Crippen LogP contribution in [0.25, 0.3) is 11.6 Å². The highest BCUT2D eigenvalue weighted by Gasteiger charge is 2.14. The first-order valence-electron chi connectivity index (χ1n) is 6.12. The average molecular weight is 289 g/mol. The zero-order valence-electron chi connectivity index (χ0n) is 10.7. The zero-order valence-corrected chi connectivity index (χ0v) is 11.5. The minimum absolute atomic E-state index is 0.104. The highest BCUT2D eigenvalue weighted by Crippen LogP contribution is 2.34. The van der Waals surface area contributed by atoms with E-state index >= 15 is 0 Å². The van der Waals surface area contributed by atoms with Crippen molar-refractivity contribution in [3.63, 3.8) is 0 Å². The molecular weight excluding hydrogens is 277 g/mol. The van der Waals surface area contributed by atoms with Gasteiger partial charge in [-0.05, 0) is 36.8 Å². The summed E-state index contributed by atoms with van der Waals surface area (Å²) in [6.07, 6.45) is 1.80. The lowest BCUT2D eigenvalue weighted by atomic mass is 10.2. The van der Waals surface area contributed by atoms with Crippen LogP contribution in [-0.4, -0.2) is 15.2 Å². The van der Waals surface area contributed by atoms with Gasteiger partial charge in [-0.3, -0.25) is 0 Å². The molecule has 102 valence electrons. The average Bonchev–Trinajstić information content (AvgIpc) is 3.09. The zero-order chi connectivity index (χ0) is 13.9. The number of nitrogens with zero attached hydrogens (tertiary/aromatic N) is 2. The maximum Gasteiger partial charge on any atom is 0.277 e. The second kappa shape index (κ2) is 5.50. The summed E-state index contributed by atoms with van der Waals surface area (Å²) in [5.74, 6) is 0.224. The SMILES string of the molecule is C[C@@H](Sc1nnc(-c2ccc[nH]2)o1)c1ccc(F)cc1. The summed E-state index contributed by atoms with van der Waals surface area (Å²) in [6.45, 7) is 2.01. The molecule has 0 amide bonds. The molecule has 2 heterocycles. The first-order valence-corrected chi connectivity index (χ1v) is 7.00. The number of thioether (sulfide) groups is 1. The summed E-state index contributed by atoms with van der Waals surface area (Å²) in [5, 5.41) is 8.59. The molecule has 0 unspecified atom stereocenters.